The minimum Gasteiger partial charge on any atom is -0.310 e. The zero-order chi connectivity index (χ0) is 24.9. The Bertz CT molecular complexity index is 1900. The van der Waals surface area contributed by atoms with Gasteiger partial charge in [0.05, 0.1) is 5.69 Å². The lowest BCUT2D eigenvalue weighted by molar-refractivity contribution is 0.866. The molecule has 2 heteroatoms. The zero-order valence-corrected chi connectivity index (χ0v) is 21.8. The summed E-state index contributed by atoms with van der Waals surface area (Å²) in [5.41, 5.74) is 4.90. The fraction of sp³-hybridized carbons (Fsp3) is 0.0857. The third kappa shape index (κ3) is 3.68. The van der Waals surface area contributed by atoms with Crippen molar-refractivity contribution in [2.75, 3.05) is 4.90 Å². The van der Waals surface area contributed by atoms with Gasteiger partial charge in [0.15, 0.2) is 0 Å². The summed E-state index contributed by atoms with van der Waals surface area (Å²) in [7, 11) is 0. The van der Waals surface area contributed by atoms with E-state index in [1.165, 1.54) is 58.7 Å². The third-order valence-electron chi connectivity index (χ3n) is 7.40. The molecule has 0 aliphatic carbocycles. The molecule has 0 spiro atoms. The second-order valence-corrected chi connectivity index (χ2v) is 11.1. The highest BCUT2D eigenvalue weighted by atomic mass is 32.1. The molecule has 0 amide bonds. The molecule has 7 rings (SSSR count). The van der Waals surface area contributed by atoms with Gasteiger partial charge in [-0.15, -0.1) is 11.3 Å². The first-order chi connectivity index (χ1) is 18.2. The van der Waals surface area contributed by atoms with Crippen LogP contribution in [0.2, 0.25) is 0 Å². The number of fused-ring (bicyclic) bond motifs is 6. The number of anilines is 3. The van der Waals surface area contributed by atoms with Gasteiger partial charge < -0.3 is 4.90 Å². The molecule has 0 atom stereocenters. The second kappa shape index (κ2) is 8.76. The Labute approximate surface area is 221 Å². The predicted molar refractivity (Wildman–Crippen MR) is 163 cm³/mol. The van der Waals surface area contributed by atoms with Gasteiger partial charge in [0.25, 0.3) is 0 Å². The number of nitrogens with zero attached hydrogens (tertiary/aromatic N) is 1. The van der Waals surface area contributed by atoms with E-state index in [9.17, 15) is 0 Å². The van der Waals surface area contributed by atoms with Gasteiger partial charge >= 0.3 is 0 Å². The number of hydrogen-bond donors (Lipinski definition) is 0. The molecule has 1 nitrogen and oxygen atoms in total. The van der Waals surface area contributed by atoms with Gasteiger partial charge in [-0.2, -0.15) is 0 Å². The van der Waals surface area contributed by atoms with Crippen LogP contribution < -0.4 is 4.90 Å². The van der Waals surface area contributed by atoms with Crippen molar-refractivity contribution in [3.05, 3.63) is 127 Å². The van der Waals surface area contributed by atoms with Crippen LogP contribution in [-0.2, 0) is 0 Å². The zero-order valence-electron chi connectivity index (χ0n) is 21.0. The number of benzene rings is 6. The molecular weight excluding hydrogens is 466 g/mol. The SMILES string of the molecule is CC(C)c1ccc(N(c2ccccc2)c2cc3c4cc5ccccc5cc4sc3c3ccccc23)cc1. The van der Waals surface area contributed by atoms with E-state index < -0.39 is 0 Å². The standard InChI is InChI=1S/C35H27NS/c1-23(2)24-16-18-28(19-17-24)36(27-12-4-3-5-13-27)33-22-32-31-20-25-10-6-7-11-26(25)21-34(31)37-35(32)30-15-9-8-14-29(30)33/h3-23H,1-2H3. The molecule has 0 aliphatic rings. The van der Waals surface area contributed by atoms with Crippen molar-refractivity contribution in [2.24, 2.45) is 0 Å². The largest absolute Gasteiger partial charge is 0.310 e. The minimum absolute atomic E-state index is 0.503. The minimum atomic E-state index is 0.503. The number of hydrogen-bond acceptors (Lipinski definition) is 2. The predicted octanol–water partition coefficient (Wildman–Crippen LogP) is 11.0. The van der Waals surface area contributed by atoms with Crippen LogP contribution >= 0.6 is 11.3 Å². The summed E-state index contributed by atoms with van der Waals surface area (Å²) in [5, 5.41) is 7.80. The lowest BCUT2D eigenvalue weighted by Gasteiger charge is -2.27. The summed E-state index contributed by atoms with van der Waals surface area (Å²) in [4.78, 5) is 2.41. The average molecular weight is 494 g/mol. The van der Waals surface area contributed by atoms with E-state index in [-0.39, 0.29) is 0 Å². The van der Waals surface area contributed by atoms with Crippen LogP contribution in [0.3, 0.4) is 0 Å². The normalized spacial score (nSPS) is 11.8. The molecular formula is C35H27NS. The van der Waals surface area contributed by atoms with Crippen LogP contribution in [0.4, 0.5) is 17.1 Å². The van der Waals surface area contributed by atoms with E-state index in [0.29, 0.717) is 5.92 Å². The van der Waals surface area contributed by atoms with E-state index in [4.69, 9.17) is 0 Å². The van der Waals surface area contributed by atoms with Crippen LogP contribution in [0.5, 0.6) is 0 Å². The third-order valence-corrected chi connectivity index (χ3v) is 8.60. The lowest BCUT2D eigenvalue weighted by Crippen LogP contribution is -2.10. The smallest absolute Gasteiger partial charge is 0.0547 e. The molecule has 0 fully saturated rings. The Hall–Kier alpha value is -4.14. The second-order valence-electron chi connectivity index (χ2n) is 10.0. The molecule has 7 aromatic rings. The van der Waals surface area contributed by atoms with Crippen LogP contribution in [0.1, 0.15) is 25.3 Å². The summed E-state index contributed by atoms with van der Waals surface area (Å²) < 4.78 is 2.69. The van der Waals surface area contributed by atoms with Crippen LogP contribution in [0.15, 0.2) is 121 Å². The Balaban J connectivity index is 1.56. The Kier molecular flexibility index (Phi) is 5.23. The average Bonchev–Trinajstić information content (AvgIpc) is 3.30. The molecule has 0 saturated heterocycles. The maximum absolute atomic E-state index is 2.41. The molecule has 0 unspecified atom stereocenters. The van der Waals surface area contributed by atoms with Gasteiger partial charge in [-0.25, -0.2) is 0 Å². The molecule has 1 aromatic heterocycles. The topological polar surface area (TPSA) is 3.24 Å². The molecule has 0 radical (unpaired) electrons. The monoisotopic (exact) mass is 493 g/mol. The van der Waals surface area contributed by atoms with Gasteiger partial charge in [-0.3, -0.25) is 0 Å². The van der Waals surface area contributed by atoms with Crippen molar-refractivity contribution in [2.45, 2.75) is 19.8 Å². The van der Waals surface area contributed by atoms with Crippen molar-refractivity contribution in [3.8, 4) is 0 Å². The summed E-state index contributed by atoms with van der Waals surface area (Å²) >= 11 is 1.90. The number of rotatable bonds is 4. The van der Waals surface area contributed by atoms with Crippen LogP contribution in [0.25, 0.3) is 41.7 Å². The highest BCUT2D eigenvalue weighted by Crippen LogP contribution is 2.46. The highest BCUT2D eigenvalue weighted by molar-refractivity contribution is 7.26. The molecule has 0 aliphatic heterocycles. The Morgan fingerprint density at radius 3 is 1.89 bits per heavy atom. The van der Waals surface area contributed by atoms with Gasteiger partial charge in [0.1, 0.15) is 0 Å². The summed E-state index contributed by atoms with van der Waals surface area (Å²) in [6.45, 7) is 4.49. The molecule has 0 bridgehead atoms. The van der Waals surface area contributed by atoms with E-state index in [1.54, 1.807) is 0 Å². The lowest BCUT2D eigenvalue weighted by atomic mass is 10.00. The van der Waals surface area contributed by atoms with Crippen LogP contribution in [-0.4, -0.2) is 0 Å². The molecule has 1 heterocycles. The van der Waals surface area contributed by atoms with Gasteiger partial charge in [-0.1, -0.05) is 92.7 Å². The van der Waals surface area contributed by atoms with Crippen molar-refractivity contribution < 1.29 is 0 Å². The van der Waals surface area contributed by atoms with Crippen molar-refractivity contribution >= 4 is 70.1 Å². The maximum Gasteiger partial charge on any atom is 0.0547 e. The van der Waals surface area contributed by atoms with E-state index in [2.05, 4.69) is 140 Å². The first kappa shape index (κ1) is 22.1. The summed E-state index contributed by atoms with van der Waals surface area (Å²) in [5.74, 6) is 0.503. The Morgan fingerprint density at radius 2 is 1.16 bits per heavy atom. The fourth-order valence-electron chi connectivity index (χ4n) is 5.46. The first-order valence-electron chi connectivity index (χ1n) is 12.9. The molecule has 0 saturated carbocycles. The molecule has 37 heavy (non-hydrogen) atoms. The maximum atomic E-state index is 2.41. The quantitative estimate of drug-likeness (QED) is 0.236. The molecule has 178 valence electrons. The highest BCUT2D eigenvalue weighted by Gasteiger charge is 2.19. The van der Waals surface area contributed by atoms with Gasteiger partial charge in [-0.05, 0) is 64.7 Å². The van der Waals surface area contributed by atoms with E-state index in [1.807, 2.05) is 11.3 Å². The summed E-state index contributed by atoms with van der Waals surface area (Å²) in [6.07, 6.45) is 0. The molecule has 6 aromatic carbocycles. The van der Waals surface area contributed by atoms with E-state index in [0.717, 1.165) is 5.69 Å². The van der Waals surface area contributed by atoms with Crippen molar-refractivity contribution in [1.29, 1.82) is 0 Å². The molecule has 0 N–H and O–H groups in total. The summed E-state index contributed by atoms with van der Waals surface area (Å²) in [6, 6.07) is 44.5. The Morgan fingerprint density at radius 1 is 0.541 bits per heavy atom. The van der Waals surface area contributed by atoms with Gasteiger partial charge in [0.2, 0.25) is 0 Å². The van der Waals surface area contributed by atoms with Gasteiger partial charge in [0, 0.05) is 42.3 Å². The van der Waals surface area contributed by atoms with Crippen LogP contribution in [0, 0.1) is 0 Å². The number of thiophene rings is 1. The van der Waals surface area contributed by atoms with E-state index >= 15 is 0 Å². The first-order valence-corrected chi connectivity index (χ1v) is 13.7. The van der Waals surface area contributed by atoms with Crippen molar-refractivity contribution in [1.82, 2.24) is 0 Å². The van der Waals surface area contributed by atoms with Crippen molar-refractivity contribution in [3.63, 3.8) is 0 Å². The fourth-order valence-corrected chi connectivity index (χ4v) is 6.71. The number of para-hydroxylation sites is 1.